The molecule has 0 atom stereocenters. The Kier molecular flexibility index (Phi) is 4.84. The summed E-state index contributed by atoms with van der Waals surface area (Å²) in [6, 6.07) is 20.3. The van der Waals surface area contributed by atoms with Gasteiger partial charge in [-0.2, -0.15) is 0 Å². The first-order chi connectivity index (χ1) is 11.5. The molecule has 0 radical (unpaired) electrons. The van der Waals surface area contributed by atoms with Gasteiger partial charge in [-0.1, -0.05) is 86.7 Å². The Morgan fingerprint density at radius 2 is 1.62 bits per heavy atom. The van der Waals surface area contributed by atoms with Gasteiger partial charge in [0.1, 0.15) is 0 Å². The van der Waals surface area contributed by atoms with Gasteiger partial charge in [-0.25, -0.2) is 0 Å². The molecule has 0 aliphatic heterocycles. The SMILES string of the molecule is CC(C)c1cc(/C=C/c2cccc3ccccc23)cc(B(O)O)c1. The minimum atomic E-state index is -1.45. The zero-order chi connectivity index (χ0) is 17.1. The lowest BCUT2D eigenvalue weighted by Gasteiger charge is -2.10. The first kappa shape index (κ1) is 16.5. The van der Waals surface area contributed by atoms with Crippen LogP contribution in [0.2, 0.25) is 0 Å². The standard InChI is InChI=1S/C21H21BO2/c1-15(2)19-12-16(13-20(14-19)22(23)24)10-11-18-8-5-7-17-6-3-4-9-21(17)18/h3-15,23-24H,1-2H3/b11-10+. The molecule has 0 saturated carbocycles. The fourth-order valence-corrected chi connectivity index (χ4v) is 2.86. The summed E-state index contributed by atoms with van der Waals surface area (Å²) in [7, 11) is -1.45. The maximum Gasteiger partial charge on any atom is 0.488 e. The lowest BCUT2D eigenvalue weighted by atomic mass is 9.77. The molecule has 0 aliphatic rings. The van der Waals surface area contributed by atoms with Crippen molar-refractivity contribution in [2.24, 2.45) is 0 Å². The van der Waals surface area contributed by atoms with Crippen LogP contribution in [0.3, 0.4) is 0 Å². The third-order valence-electron chi connectivity index (χ3n) is 4.24. The third-order valence-corrected chi connectivity index (χ3v) is 4.24. The molecule has 0 heterocycles. The lowest BCUT2D eigenvalue weighted by molar-refractivity contribution is 0.425. The van der Waals surface area contributed by atoms with Crippen LogP contribution >= 0.6 is 0 Å². The Hall–Kier alpha value is -2.36. The Morgan fingerprint density at radius 3 is 2.38 bits per heavy atom. The molecule has 24 heavy (non-hydrogen) atoms. The molecule has 2 nitrogen and oxygen atoms in total. The third kappa shape index (κ3) is 3.59. The van der Waals surface area contributed by atoms with Crippen molar-refractivity contribution in [3.05, 3.63) is 77.4 Å². The smallest absolute Gasteiger partial charge is 0.423 e. The largest absolute Gasteiger partial charge is 0.488 e. The van der Waals surface area contributed by atoms with Crippen LogP contribution in [0.15, 0.2) is 60.7 Å². The van der Waals surface area contributed by atoms with Gasteiger partial charge in [0.2, 0.25) is 0 Å². The summed E-state index contributed by atoms with van der Waals surface area (Å²) >= 11 is 0. The van der Waals surface area contributed by atoms with Gasteiger partial charge in [0.05, 0.1) is 0 Å². The van der Waals surface area contributed by atoms with E-state index in [1.165, 1.54) is 10.8 Å². The number of hydrogen-bond acceptors (Lipinski definition) is 2. The molecular weight excluding hydrogens is 295 g/mol. The van der Waals surface area contributed by atoms with Crippen molar-refractivity contribution < 1.29 is 10.0 Å². The van der Waals surface area contributed by atoms with E-state index in [-0.39, 0.29) is 0 Å². The Morgan fingerprint density at radius 1 is 0.875 bits per heavy atom. The highest BCUT2D eigenvalue weighted by Gasteiger charge is 2.13. The minimum absolute atomic E-state index is 0.327. The van der Waals surface area contributed by atoms with E-state index >= 15 is 0 Å². The van der Waals surface area contributed by atoms with E-state index in [0.29, 0.717) is 11.4 Å². The second-order valence-corrected chi connectivity index (χ2v) is 6.36. The van der Waals surface area contributed by atoms with Gasteiger partial charge < -0.3 is 10.0 Å². The fraction of sp³-hybridized carbons (Fsp3) is 0.143. The van der Waals surface area contributed by atoms with Crippen molar-refractivity contribution in [1.82, 2.24) is 0 Å². The van der Waals surface area contributed by atoms with Gasteiger partial charge in [-0.05, 0) is 38.8 Å². The molecule has 3 aromatic rings. The van der Waals surface area contributed by atoms with Crippen molar-refractivity contribution in [1.29, 1.82) is 0 Å². The van der Waals surface area contributed by atoms with Crippen LogP contribution < -0.4 is 5.46 Å². The predicted octanol–water partition coefficient (Wildman–Crippen LogP) is 3.81. The van der Waals surface area contributed by atoms with E-state index in [2.05, 4.69) is 56.3 Å². The van der Waals surface area contributed by atoms with Crippen molar-refractivity contribution >= 4 is 35.5 Å². The summed E-state index contributed by atoms with van der Waals surface area (Å²) in [5.41, 5.74) is 3.74. The van der Waals surface area contributed by atoms with E-state index in [1.54, 1.807) is 0 Å². The second-order valence-electron chi connectivity index (χ2n) is 6.36. The minimum Gasteiger partial charge on any atom is -0.423 e. The van der Waals surface area contributed by atoms with Gasteiger partial charge >= 0.3 is 7.12 Å². The summed E-state index contributed by atoms with van der Waals surface area (Å²) in [5.74, 6) is 0.327. The number of hydrogen-bond donors (Lipinski definition) is 2. The van der Waals surface area contributed by atoms with E-state index in [1.807, 2.05) is 30.3 Å². The molecule has 0 aliphatic carbocycles. The van der Waals surface area contributed by atoms with Crippen molar-refractivity contribution in [3.8, 4) is 0 Å². The summed E-state index contributed by atoms with van der Waals surface area (Å²) in [5, 5.41) is 21.4. The van der Waals surface area contributed by atoms with Crippen LogP contribution in [-0.2, 0) is 0 Å². The van der Waals surface area contributed by atoms with Gasteiger partial charge in [0, 0.05) is 0 Å². The number of rotatable bonds is 4. The Balaban J connectivity index is 2.02. The number of fused-ring (bicyclic) bond motifs is 1. The first-order valence-corrected chi connectivity index (χ1v) is 8.21. The second kappa shape index (κ2) is 7.04. The average Bonchev–Trinajstić information content (AvgIpc) is 2.59. The van der Waals surface area contributed by atoms with E-state index < -0.39 is 7.12 Å². The molecule has 0 bridgehead atoms. The zero-order valence-corrected chi connectivity index (χ0v) is 14.0. The van der Waals surface area contributed by atoms with Crippen LogP contribution in [0.5, 0.6) is 0 Å². The highest BCUT2D eigenvalue weighted by molar-refractivity contribution is 6.58. The van der Waals surface area contributed by atoms with Crippen LogP contribution in [-0.4, -0.2) is 17.2 Å². The zero-order valence-electron chi connectivity index (χ0n) is 14.0. The van der Waals surface area contributed by atoms with Gasteiger partial charge in [0.25, 0.3) is 0 Å². The van der Waals surface area contributed by atoms with E-state index in [9.17, 15) is 10.0 Å². The van der Waals surface area contributed by atoms with Gasteiger partial charge in [-0.15, -0.1) is 0 Å². The molecule has 0 spiro atoms. The molecule has 2 N–H and O–H groups in total. The van der Waals surface area contributed by atoms with Crippen LogP contribution in [0.25, 0.3) is 22.9 Å². The van der Waals surface area contributed by atoms with Crippen molar-refractivity contribution in [3.63, 3.8) is 0 Å². The van der Waals surface area contributed by atoms with Gasteiger partial charge in [0.15, 0.2) is 0 Å². The van der Waals surface area contributed by atoms with Gasteiger partial charge in [-0.3, -0.25) is 0 Å². The van der Waals surface area contributed by atoms with E-state index in [0.717, 1.165) is 16.7 Å². The lowest BCUT2D eigenvalue weighted by Crippen LogP contribution is -2.30. The summed E-state index contributed by atoms with van der Waals surface area (Å²) in [4.78, 5) is 0. The Labute approximate surface area is 143 Å². The monoisotopic (exact) mass is 316 g/mol. The maximum absolute atomic E-state index is 9.51. The summed E-state index contributed by atoms with van der Waals surface area (Å²) < 4.78 is 0. The summed E-state index contributed by atoms with van der Waals surface area (Å²) in [6.07, 6.45) is 4.11. The molecule has 0 amide bonds. The highest BCUT2D eigenvalue weighted by Crippen LogP contribution is 2.21. The maximum atomic E-state index is 9.51. The molecule has 3 aromatic carbocycles. The topological polar surface area (TPSA) is 40.5 Å². The quantitative estimate of drug-likeness (QED) is 0.567. The van der Waals surface area contributed by atoms with Crippen molar-refractivity contribution in [2.45, 2.75) is 19.8 Å². The molecule has 3 heteroatoms. The number of benzene rings is 3. The molecule has 120 valence electrons. The van der Waals surface area contributed by atoms with E-state index in [4.69, 9.17) is 0 Å². The molecule has 3 rings (SSSR count). The highest BCUT2D eigenvalue weighted by atomic mass is 16.4. The van der Waals surface area contributed by atoms with Crippen LogP contribution in [0.1, 0.15) is 36.5 Å². The van der Waals surface area contributed by atoms with Crippen LogP contribution in [0.4, 0.5) is 0 Å². The molecule has 0 saturated heterocycles. The van der Waals surface area contributed by atoms with Crippen molar-refractivity contribution in [2.75, 3.05) is 0 Å². The fourth-order valence-electron chi connectivity index (χ4n) is 2.86. The summed E-state index contributed by atoms with van der Waals surface area (Å²) in [6.45, 7) is 4.20. The average molecular weight is 316 g/mol. The molecule has 0 unspecified atom stereocenters. The molecule has 0 fully saturated rings. The first-order valence-electron chi connectivity index (χ1n) is 8.21. The molecular formula is C21H21BO2. The Bertz CT molecular complexity index is 850. The normalized spacial score (nSPS) is 11.5. The van der Waals surface area contributed by atoms with Crippen LogP contribution in [0, 0.1) is 0 Å². The predicted molar refractivity (Wildman–Crippen MR) is 103 cm³/mol. The molecule has 0 aromatic heterocycles.